The smallest absolute Gasteiger partial charge is 0.0649 e. The molecule has 0 bridgehead atoms. The van der Waals surface area contributed by atoms with Gasteiger partial charge < -0.3 is 10.1 Å². The van der Waals surface area contributed by atoms with Gasteiger partial charge in [-0.1, -0.05) is 19.3 Å². The fraction of sp³-hybridized carbons (Fsp3) is 1.00. The number of morpholine rings is 1. The highest BCUT2D eigenvalue weighted by atomic mass is 16.5. The van der Waals surface area contributed by atoms with Crippen LogP contribution in [0.2, 0.25) is 0 Å². The Morgan fingerprint density at radius 3 is 2.67 bits per heavy atom. The average molecular weight is 169 g/mol. The van der Waals surface area contributed by atoms with E-state index in [2.05, 4.69) is 12.2 Å². The molecule has 2 nitrogen and oxygen atoms in total. The first-order valence-electron chi connectivity index (χ1n) is 5.16. The van der Waals surface area contributed by atoms with Crippen LogP contribution < -0.4 is 5.32 Å². The average Bonchev–Trinajstić information content (AvgIpc) is 2.05. The minimum atomic E-state index is 0.357. The van der Waals surface area contributed by atoms with Crippen molar-refractivity contribution in [3.8, 4) is 0 Å². The molecule has 2 heteroatoms. The molecule has 1 saturated carbocycles. The van der Waals surface area contributed by atoms with Crippen LogP contribution in [0.15, 0.2) is 0 Å². The first kappa shape index (κ1) is 8.52. The van der Waals surface area contributed by atoms with E-state index >= 15 is 0 Å². The zero-order valence-corrected chi connectivity index (χ0v) is 7.94. The molecule has 1 spiro atoms. The van der Waals surface area contributed by atoms with Crippen molar-refractivity contribution in [3.63, 3.8) is 0 Å². The van der Waals surface area contributed by atoms with Gasteiger partial charge in [0.05, 0.1) is 13.2 Å². The number of hydrogen-bond acceptors (Lipinski definition) is 2. The van der Waals surface area contributed by atoms with Gasteiger partial charge in [-0.25, -0.2) is 0 Å². The molecule has 0 amide bonds. The Morgan fingerprint density at radius 2 is 2.00 bits per heavy atom. The fourth-order valence-electron chi connectivity index (χ4n) is 2.55. The molecule has 70 valence electrons. The van der Waals surface area contributed by atoms with Gasteiger partial charge >= 0.3 is 0 Å². The van der Waals surface area contributed by atoms with Crippen molar-refractivity contribution >= 4 is 0 Å². The van der Waals surface area contributed by atoms with Crippen molar-refractivity contribution in [2.24, 2.45) is 0 Å². The highest BCUT2D eigenvalue weighted by Gasteiger charge is 2.35. The van der Waals surface area contributed by atoms with Gasteiger partial charge in [-0.2, -0.15) is 0 Å². The van der Waals surface area contributed by atoms with Crippen molar-refractivity contribution in [1.82, 2.24) is 5.32 Å². The molecule has 1 N–H and O–H groups in total. The third-order valence-electron chi connectivity index (χ3n) is 3.11. The van der Waals surface area contributed by atoms with Gasteiger partial charge in [-0.05, 0) is 19.8 Å². The molecule has 1 heterocycles. The van der Waals surface area contributed by atoms with Gasteiger partial charge in [0.2, 0.25) is 0 Å². The number of ether oxygens (including phenoxy) is 1. The van der Waals surface area contributed by atoms with Crippen molar-refractivity contribution in [3.05, 3.63) is 0 Å². The molecule has 0 radical (unpaired) electrons. The third kappa shape index (κ3) is 1.64. The number of nitrogens with one attached hydrogen (secondary N) is 1. The van der Waals surface area contributed by atoms with Crippen molar-refractivity contribution in [2.45, 2.75) is 50.6 Å². The second-order valence-electron chi connectivity index (χ2n) is 4.40. The molecular weight excluding hydrogens is 150 g/mol. The zero-order chi connectivity index (χ0) is 8.44. The topological polar surface area (TPSA) is 21.3 Å². The highest BCUT2D eigenvalue weighted by molar-refractivity contribution is 4.94. The van der Waals surface area contributed by atoms with E-state index in [1.165, 1.54) is 32.1 Å². The summed E-state index contributed by atoms with van der Waals surface area (Å²) in [6.45, 7) is 4.05. The maximum Gasteiger partial charge on any atom is 0.0649 e. The summed E-state index contributed by atoms with van der Waals surface area (Å²) < 4.78 is 5.61. The van der Waals surface area contributed by atoms with Crippen LogP contribution in [0, 0.1) is 0 Å². The Bertz CT molecular complexity index is 146. The van der Waals surface area contributed by atoms with E-state index in [-0.39, 0.29) is 0 Å². The number of rotatable bonds is 0. The van der Waals surface area contributed by atoms with Crippen LogP contribution in [-0.2, 0) is 4.74 Å². The predicted octanol–water partition coefficient (Wildman–Crippen LogP) is 1.70. The Morgan fingerprint density at radius 1 is 1.25 bits per heavy atom. The quantitative estimate of drug-likeness (QED) is 0.596. The van der Waals surface area contributed by atoms with Crippen LogP contribution in [0.25, 0.3) is 0 Å². The number of hydrogen-bond donors (Lipinski definition) is 1. The Kier molecular flexibility index (Phi) is 2.37. The van der Waals surface area contributed by atoms with Gasteiger partial charge in [0.1, 0.15) is 0 Å². The monoisotopic (exact) mass is 169 g/mol. The molecule has 1 saturated heterocycles. The summed E-state index contributed by atoms with van der Waals surface area (Å²) in [5.74, 6) is 0. The minimum absolute atomic E-state index is 0.357. The highest BCUT2D eigenvalue weighted by Crippen LogP contribution is 2.30. The normalized spacial score (nSPS) is 35.2. The first-order valence-corrected chi connectivity index (χ1v) is 5.16. The maximum absolute atomic E-state index is 5.61. The van der Waals surface area contributed by atoms with E-state index in [4.69, 9.17) is 4.74 Å². The van der Waals surface area contributed by atoms with Gasteiger partial charge in [0.15, 0.2) is 0 Å². The summed E-state index contributed by atoms with van der Waals surface area (Å²) in [6.07, 6.45) is 6.80. The van der Waals surface area contributed by atoms with E-state index in [1.807, 2.05) is 0 Å². The molecule has 1 aliphatic carbocycles. The molecule has 0 aromatic rings. The lowest BCUT2D eigenvalue weighted by Crippen LogP contribution is -2.58. The van der Waals surface area contributed by atoms with Crippen molar-refractivity contribution < 1.29 is 4.74 Å². The van der Waals surface area contributed by atoms with E-state index < -0.39 is 0 Å². The lowest BCUT2D eigenvalue weighted by atomic mass is 9.81. The summed E-state index contributed by atoms with van der Waals surface area (Å²) in [5, 5.41) is 3.71. The zero-order valence-electron chi connectivity index (χ0n) is 7.94. The summed E-state index contributed by atoms with van der Waals surface area (Å²) >= 11 is 0. The SMILES string of the molecule is C[C@H]1COCC2(CCCCC2)N1. The molecule has 1 aliphatic heterocycles. The standard InChI is InChI=1S/C10H19NO/c1-9-7-12-8-10(11-9)5-3-2-4-6-10/h9,11H,2-8H2,1H3/t9-/m0/s1. The van der Waals surface area contributed by atoms with Crippen molar-refractivity contribution in [2.75, 3.05) is 13.2 Å². The van der Waals surface area contributed by atoms with Crippen LogP contribution in [0.5, 0.6) is 0 Å². The molecular formula is C10H19NO. The Balaban J connectivity index is 1.97. The summed E-state index contributed by atoms with van der Waals surface area (Å²) in [6, 6.07) is 0.553. The maximum atomic E-state index is 5.61. The van der Waals surface area contributed by atoms with E-state index in [0.717, 1.165) is 13.2 Å². The van der Waals surface area contributed by atoms with Crippen LogP contribution in [-0.4, -0.2) is 24.8 Å². The van der Waals surface area contributed by atoms with Crippen LogP contribution >= 0.6 is 0 Å². The lowest BCUT2D eigenvalue weighted by Gasteiger charge is -2.43. The molecule has 2 rings (SSSR count). The molecule has 2 aliphatic rings. The molecule has 0 aromatic carbocycles. The molecule has 1 atom stereocenters. The molecule has 0 aromatic heterocycles. The summed E-state index contributed by atoms with van der Waals surface area (Å²) in [5.41, 5.74) is 0.357. The molecule has 12 heavy (non-hydrogen) atoms. The van der Waals surface area contributed by atoms with Gasteiger partial charge in [-0.15, -0.1) is 0 Å². The minimum Gasteiger partial charge on any atom is -0.378 e. The predicted molar refractivity (Wildman–Crippen MR) is 49.2 cm³/mol. The Hall–Kier alpha value is -0.0800. The third-order valence-corrected chi connectivity index (χ3v) is 3.11. The van der Waals surface area contributed by atoms with Crippen LogP contribution in [0.4, 0.5) is 0 Å². The second-order valence-corrected chi connectivity index (χ2v) is 4.40. The van der Waals surface area contributed by atoms with Gasteiger partial charge in [-0.3, -0.25) is 0 Å². The second kappa shape index (κ2) is 3.35. The molecule has 2 fully saturated rings. The molecule has 0 unspecified atom stereocenters. The van der Waals surface area contributed by atoms with Gasteiger partial charge in [0, 0.05) is 11.6 Å². The van der Waals surface area contributed by atoms with E-state index in [1.54, 1.807) is 0 Å². The van der Waals surface area contributed by atoms with Crippen LogP contribution in [0.1, 0.15) is 39.0 Å². The largest absolute Gasteiger partial charge is 0.378 e. The van der Waals surface area contributed by atoms with Crippen LogP contribution in [0.3, 0.4) is 0 Å². The van der Waals surface area contributed by atoms with Crippen molar-refractivity contribution in [1.29, 1.82) is 0 Å². The van der Waals surface area contributed by atoms with E-state index in [9.17, 15) is 0 Å². The van der Waals surface area contributed by atoms with E-state index in [0.29, 0.717) is 11.6 Å². The first-order chi connectivity index (χ1) is 5.81. The fourth-order valence-corrected chi connectivity index (χ4v) is 2.55. The summed E-state index contributed by atoms with van der Waals surface area (Å²) in [4.78, 5) is 0. The Labute approximate surface area is 74.7 Å². The lowest BCUT2D eigenvalue weighted by molar-refractivity contribution is -0.0131. The summed E-state index contributed by atoms with van der Waals surface area (Å²) in [7, 11) is 0. The van der Waals surface area contributed by atoms with Gasteiger partial charge in [0.25, 0.3) is 0 Å².